The minimum atomic E-state index is 0. The van der Waals surface area contributed by atoms with E-state index in [1.54, 1.807) is 0 Å². The van der Waals surface area contributed by atoms with Crippen LogP contribution in [0.25, 0.3) is 10.9 Å². The highest BCUT2D eigenvalue weighted by Gasteiger charge is 2.06. The molecule has 1 aromatic heterocycles. The molecule has 0 atom stereocenters. The van der Waals surface area contributed by atoms with E-state index in [4.69, 9.17) is 34.8 Å². The van der Waals surface area contributed by atoms with E-state index in [0.717, 1.165) is 48.5 Å². The molecule has 1 heterocycles. The fraction of sp³-hybridized carbons (Fsp3) is 0.438. The van der Waals surface area contributed by atoms with Gasteiger partial charge in [-0.2, -0.15) is 0 Å². The van der Waals surface area contributed by atoms with Gasteiger partial charge >= 0.3 is 0 Å². The van der Waals surface area contributed by atoms with Gasteiger partial charge in [-0.3, -0.25) is 9.88 Å². The predicted octanol–water partition coefficient (Wildman–Crippen LogP) is 4.81. The number of rotatable bonds is 8. The number of nitrogens with one attached hydrogen (secondary N) is 1. The molecule has 23 heavy (non-hydrogen) atoms. The minimum Gasteiger partial charge on any atom is -0.383 e. The highest BCUT2D eigenvalue weighted by Crippen LogP contribution is 2.25. The number of benzene rings is 1. The van der Waals surface area contributed by atoms with Crippen LogP contribution in [0.4, 0.5) is 5.69 Å². The van der Waals surface area contributed by atoms with E-state index in [0.29, 0.717) is 16.8 Å². The molecule has 0 aliphatic heterocycles. The van der Waals surface area contributed by atoms with Crippen LogP contribution < -0.4 is 5.32 Å². The largest absolute Gasteiger partial charge is 0.383 e. The summed E-state index contributed by atoms with van der Waals surface area (Å²) < 4.78 is 0. The van der Waals surface area contributed by atoms with Crippen molar-refractivity contribution in [3.63, 3.8) is 0 Å². The van der Waals surface area contributed by atoms with Crippen LogP contribution in [0.3, 0.4) is 0 Å². The number of hydrogen-bond acceptors (Lipinski definition) is 3. The number of aromatic nitrogens is 1. The summed E-state index contributed by atoms with van der Waals surface area (Å²) in [6.45, 7) is 5.41. The Labute approximate surface area is 158 Å². The summed E-state index contributed by atoms with van der Waals surface area (Å²) in [5.74, 6) is 1.24. The maximum Gasteiger partial charge on any atom is 0.0740 e. The molecule has 0 amide bonds. The van der Waals surface area contributed by atoms with Crippen LogP contribution >= 0.6 is 47.2 Å². The van der Waals surface area contributed by atoms with Crippen LogP contribution in [-0.4, -0.2) is 47.8 Å². The molecule has 0 aliphatic carbocycles. The van der Waals surface area contributed by atoms with Crippen molar-refractivity contribution in [2.24, 2.45) is 0 Å². The molecule has 128 valence electrons. The van der Waals surface area contributed by atoms with Crippen molar-refractivity contribution >= 4 is 63.8 Å². The van der Waals surface area contributed by atoms with Gasteiger partial charge < -0.3 is 5.32 Å². The van der Waals surface area contributed by atoms with Gasteiger partial charge in [0.2, 0.25) is 0 Å². The van der Waals surface area contributed by atoms with Gasteiger partial charge in [0.25, 0.3) is 0 Å². The Morgan fingerprint density at radius 3 is 2.43 bits per heavy atom. The van der Waals surface area contributed by atoms with Crippen LogP contribution in [0.15, 0.2) is 24.3 Å². The topological polar surface area (TPSA) is 28.2 Å². The number of anilines is 1. The van der Waals surface area contributed by atoms with Gasteiger partial charge in [-0.1, -0.05) is 11.6 Å². The van der Waals surface area contributed by atoms with Crippen molar-refractivity contribution in [2.45, 2.75) is 6.92 Å². The first kappa shape index (κ1) is 20.6. The summed E-state index contributed by atoms with van der Waals surface area (Å²) in [5, 5.41) is 5.27. The fourth-order valence-corrected chi connectivity index (χ4v) is 3.05. The molecule has 0 unspecified atom stereocenters. The predicted molar refractivity (Wildman–Crippen MR) is 105 cm³/mol. The van der Waals surface area contributed by atoms with Crippen molar-refractivity contribution in [1.29, 1.82) is 0 Å². The molecule has 1 N–H and O–H groups in total. The lowest BCUT2D eigenvalue weighted by atomic mass is 10.1. The van der Waals surface area contributed by atoms with Gasteiger partial charge in [-0.25, -0.2) is 0 Å². The molecule has 7 heteroatoms. The Balaban J connectivity index is 0.00000264. The molecular weight excluding hydrogens is 376 g/mol. The first-order valence-electron chi connectivity index (χ1n) is 7.29. The lowest BCUT2D eigenvalue weighted by molar-refractivity contribution is 0.319. The summed E-state index contributed by atoms with van der Waals surface area (Å²) in [6.07, 6.45) is 0. The molecule has 2 aromatic rings. The molecule has 1 aromatic carbocycles. The van der Waals surface area contributed by atoms with E-state index in [1.165, 1.54) is 0 Å². The van der Waals surface area contributed by atoms with Gasteiger partial charge in [0.15, 0.2) is 0 Å². The Bertz CT molecular complexity index is 610. The second-order valence-electron chi connectivity index (χ2n) is 5.12. The average molecular weight is 397 g/mol. The van der Waals surface area contributed by atoms with E-state index in [9.17, 15) is 0 Å². The van der Waals surface area contributed by atoms with E-state index < -0.39 is 0 Å². The summed E-state index contributed by atoms with van der Waals surface area (Å²) in [6, 6.07) is 7.84. The van der Waals surface area contributed by atoms with Gasteiger partial charge in [0, 0.05) is 59.7 Å². The van der Waals surface area contributed by atoms with Crippen LogP contribution in [0.1, 0.15) is 5.69 Å². The van der Waals surface area contributed by atoms with Crippen LogP contribution in [0.2, 0.25) is 5.02 Å². The SMILES string of the molecule is Cc1cc(NCCN(CCCl)CCCl)c2ccc(Cl)cc2n1.Cl. The Morgan fingerprint density at radius 2 is 1.78 bits per heavy atom. The van der Waals surface area contributed by atoms with Crippen LogP contribution in [0.5, 0.6) is 0 Å². The van der Waals surface area contributed by atoms with Crippen LogP contribution in [-0.2, 0) is 0 Å². The van der Waals surface area contributed by atoms with E-state index in [1.807, 2.05) is 25.1 Å². The van der Waals surface area contributed by atoms with Gasteiger partial charge in [-0.15, -0.1) is 35.6 Å². The second kappa shape index (κ2) is 10.4. The summed E-state index contributed by atoms with van der Waals surface area (Å²) in [5.41, 5.74) is 2.96. The maximum absolute atomic E-state index is 6.05. The monoisotopic (exact) mass is 395 g/mol. The zero-order valence-corrected chi connectivity index (χ0v) is 16.1. The van der Waals surface area contributed by atoms with Crippen molar-refractivity contribution in [2.75, 3.05) is 43.3 Å². The van der Waals surface area contributed by atoms with Crippen LogP contribution in [0, 0.1) is 6.92 Å². The van der Waals surface area contributed by atoms with Crippen molar-refractivity contribution in [3.05, 3.63) is 35.0 Å². The number of hydrogen-bond donors (Lipinski definition) is 1. The first-order valence-corrected chi connectivity index (χ1v) is 8.74. The summed E-state index contributed by atoms with van der Waals surface area (Å²) in [4.78, 5) is 6.78. The third-order valence-electron chi connectivity index (χ3n) is 3.44. The van der Waals surface area contributed by atoms with Crippen molar-refractivity contribution in [1.82, 2.24) is 9.88 Å². The van der Waals surface area contributed by atoms with Crippen molar-refractivity contribution in [3.8, 4) is 0 Å². The minimum absolute atomic E-state index is 0. The van der Waals surface area contributed by atoms with Gasteiger partial charge in [0.1, 0.15) is 0 Å². The Kier molecular flexibility index (Phi) is 9.33. The number of alkyl halides is 2. The summed E-state index contributed by atoms with van der Waals surface area (Å²) >= 11 is 17.7. The smallest absolute Gasteiger partial charge is 0.0740 e. The fourth-order valence-electron chi connectivity index (χ4n) is 2.40. The molecule has 0 saturated carbocycles. The zero-order chi connectivity index (χ0) is 15.9. The van der Waals surface area contributed by atoms with E-state index in [2.05, 4.69) is 21.3 Å². The molecule has 0 aliphatic rings. The highest BCUT2D eigenvalue weighted by molar-refractivity contribution is 6.31. The third-order valence-corrected chi connectivity index (χ3v) is 4.02. The molecule has 3 nitrogen and oxygen atoms in total. The lowest BCUT2D eigenvalue weighted by Gasteiger charge is -2.20. The molecule has 0 saturated heterocycles. The number of nitrogens with zero attached hydrogens (tertiary/aromatic N) is 2. The third kappa shape index (κ3) is 6.17. The van der Waals surface area contributed by atoms with E-state index in [-0.39, 0.29) is 12.4 Å². The normalized spacial score (nSPS) is 10.8. The maximum atomic E-state index is 6.05. The number of pyridine rings is 1. The standard InChI is InChI=1S/C16H20Cl3N3.ClH/c1-12-10-15(14-3-2-13(19)11-16(14)21-12)20-6-9-22(7-4-17)8-5-18;/h2-3,10-11H,4-9H2,1H3,(H,20,21);1H. The molecule has 0 radical (unpaired) electrons. The average Bonchev–Trinajstić information content (AvgIpc) is 2.47. The Morgan fingerprint density at radius 1 is 1.09 bits per heavy atom. The van der Waals surface area contributed by atoms with Gasteiger partial charge in [-0.05, 0) is 31.2 Å². The zero-order valence-electron chi connectivity index (χ0n) is 13.0. The first-order chi connectivity index (χ1) is 10.6. The lowest BCUT2D eigenvalue weighted by Crippen LogP contribution is -2.32. The van der Waals surface area contributed by atoms with Gasteiger partial charge in [0.05, 0.1) is 5.52 Å². The molecule has 0 fully saturated rings. The highest BCUT2D eigenvalue weighted by atomic mass is 35.5. The molecular formula is C16H21Cl4N3. The quantitative estimate of drug-likeness (QED) is 0.649. The van der Waals surface area contributed by atoms with Crippen molar-refractivity contribution < 1.29 is 0 Å². The Hall–Kier alpha value is -0.450. The molecule has 0 bridgehead atoms. The number of aryl methyl sites for hydroxylation is 1. The molecule has 2 rings (SSSR count). The number of halogens is 4. The second-order valence-corrected chi connectivity index (χ2v) is 6.31. The summed E-state index contributed by atoms with van der Waals surface area (Å²) in [7, 11) is 0. The molecule has 0 spiro atoms. The van der Waals surface area contributed by atoms with E-state index >= 15 is 0 Å². The number of fused-ring (bicyclic) bond motifs is 1.